The summed E-state index contributed by atoms with van der Waals surface area (Å²) in [7, 11) is -5.69. The Morgan fingerprint density at radius 1 is 1.03 bits per heavy atom. The summed E-state index contributed by atoms with van der Waals surface area (Å²) in [5, 5.41) is 9.78. The van der Waals surface area contributed by atoms with Gasteiger partial charge in [-0.1, -0.05) is 67.4 Å². The molecule has 0 saturated carbocycles. The Hall–Kier alpha value is -3.92. The molecule has 6 nitrogen and oxygen atoms in total. The lowest BCUT2D eigenvalue weighted by atomic mass is 9.94. The van der Waals surface area contributed by atoms with E-state index in [0.717, 1.165) is 5.56 Å². The molecular weight excluding hydrogens is 517 g/mol. The van der Waals surface area contributed by atoms with Gasteiger partial charge in [0.25, 0.3) is 0 Å². The average Bonchev–Trinajstić information content (AvgIpc) is 2.86. The van der Waals surface area contributed by atoms with Crippen molar-refractivity contribution < 1.29 is 31.5 Å². The molecule has 3 aromatic carbocycles. The van der Waals surface area contributed by atoms with Gasteiger partial charge in [0.15, 0.2) is 0 Å². The van der Waals surface area contributed by atoms with Gasteiger partial charge in [-0.05, 0) is 48.2 Å². The second-order valence-electron chi connectivity index (χ2n) is 8.96. The summed E-state index contributed by atoms with van der Waals surface area (Å²) >= 11 is 0. The van der Waals surface area contributed by atoms with Crippen LogP contribution >= 0.6 is 0 Å². The summed E-state index contributed by atoms with van der Waals surface area (Å²) in [6, 6.07) is 18.5. The number of hydrogen-bond donors (Lipinski definition) is 2. The molecule has 0 spiro atoms. The number of halogens is 3. The zero-order valence-electron chi connectivity index (χ0n) is 20.6. The van der Waals surface area contributed by atoms with E-state index in [4.69, 9.17) is 0 Å². The molecule has 0 aliphatic carbocycles. The van der Waals surface area contributed by atoms with Crippen LogP contribution in [0.1, 0.15) is 46.1 Å². The number of carbonyl (C=O) groups is 1. The molecule has 0 saturated heterocycles. The van der Waals surface area contributed by atoms with Crippen molar-refractivity contribution in [3.8, 4) is 11.1 Å². The monoisotopic (exact) mass is 542 g/mol. The summed E-state index contributed by atoms with van der Waals surface area (Å²) in [6.45, 7) is 3.66. The number of aryl methyl sites for hydroxylation is 2. The van der Waals surface area contributed by atoms with Gasteiger partial charge in [-0.2, -0.15) is 21.6 Å². The SMILES string of the molecule is CCCc1nc2ccc(C)cc2c(NS(=O)(=O)C(F)(F)F)c1Cc1ccc(-c2ccccc2C(=O)O)cc1. The van der Waals surface area contributed by atoms with E-state index in [2.05, 4.69) is 4.98 Å². The lowest BCUT2D eigenvalue weighted by Crippen LogP contribution is -2.30. The van der Waals surface area contributed by atoms with Crippen LogP contribution in [0, 0.1) is 6.92 Å². The minimum atomic E-state index is -5.69. The Morgan fingerprint density at radius 3 is 2.34 bits per heavy atom. The van der Waals surface area contributed by atoms with Crippen molar-refractivity contribution in [2.75, 3.05) is 4.72 Å². The van der Waals surface area contributed by atoms with E-state index in [9.17, 15) is 31.5 Å². The molecule has 0 radical (unpaired) electrons. The molecule has 1 aromatic heterocycles. The van der Waals surface area contributed by atoms with Gasteiger partial charge in [-0.3, -0.25) is 9.71 Å². The van der Waals surface area contributed by atoms with Crippen LogP contribution in [0.4, 0.5) is 18.9 Å². The molecule has 1 heterocycles. The summed E-state index contributed by atoms with van der Waals surface area (Å²) < 4.78 is 66.4. The molecule has 38 heavy (non-hydrogen) atoms. The predicted molar refractivity (Wildman–Crippen MR) is 141 cm³/mol. The van der Waals surface area contributed by atoms with Crippen molar-refractivity contribution in [1.82, 2.24) is 4.98 Å². The Labute approximate surface area is 218 Å². The standard InChI is InChI=1S/C28H25F3N2O4S/c1-3-6-24-23(16-18-10-12-19(13-11-18)20-7-4-5-8-21(20)27(34)35)26(33-38(36,37)28(29,30)31)22-15-17(2)9-14-25(22)32-24/h4-5,7-15H,3,6,16H2,1-2H3,(H,32,33)(H,34,35). The third-order valence-electron chi connectivity index (χ3n) is 6.16. The van der Waals surface area contributed by atoms with E-state index in [0.29, 0.717) is 46.3 Å². The Kier molecular flexibility index (Phi) is 7.46. The lowest BCUT2D eigenvalue weighted by molar-refractivity contribution is -0.0429. The fraction of sp³-hybridized carbons (Fsp3) is 0.214. The van der Waals surface area contributed by atoms with Crippen LogP contribution in [0.25, 0.3) is 22.0 Å². The number of aromatic carboxylic acids is 1. The van der Waals surface area contributed by atoms with Crippen LogP contribution in [0.15, 0.2) is 66.7 Å². The van der Waals surface area contributed by atoms with E-state index >= 15 is 0 Å². The van der Waals surface area contributed by atoms with Gasteiger partial charge >= 0.3 is 21.5 Å². The van der Waals surface area contributed by atoms with Crippen LogP contribution in [-0.4, -0.2) is 30.0 Å². The summed E-state index contributed by atoms with van der Waals surface area (Å²) in [6.07, 6.45) is 1.19. The number of alkyl halides is 3. The highest BCUT2D eigenvalue weighted by molar-refractivity contribution is 7.93. The van der Waals surface area contributed by atoms with E-state index in [1.165, 1.54) is 6.07 Å². The first-order valence-electron chi connectivity index (χ1n) is 11.8. The fourth-order valence-electron chi connectivity index (χ4n) is 4.34. The third kappa shape index (κ3) is 5.50. The zero-order chi connectivity index (χ0) is 27.7. The first-order valence-corrected chi connectivity index (χ1v) is 13.3. The molecule has 0 atom stereocenters. The van der Waals surface area contributed by atoms with Gasteiger partial charge in [0.1, 0.15) is 0 Å². The largest absolute Gasteiger partial charge is 0.516 e. The number of pyridine rings is 1. The highest BCUT2D eigenvalue weighted by atomic mass is 32.2. The van der Waals surface area contributed by atoms with Gasteiger partial charge in [0.05, 0.1) is 16.8 Å². The van der Waals surface area contributed by atoms with Crippen LogP contribution in [0.2, 0.25) is 0 Å². The quantitative estimate of drug-likeness (QED) is 0.258. The van der Waals surface area contributed by atoms with Crippen LogP contribution in [-0.2, 0) is 22.9 Å². The minimum Gasteiger partial charge on any atom is -0.478 e. The van der Waals surface area contributed by atoms with Crippen molar-refractivity contribution in [3.05, 3.63) is 94.7 Å². The number of nitrogens with zero attached hydrogens (tertiary/aromatic N) is 1. The van der Waals surface area contributed by atoms with Gasteiger partial charge in [-0.25, -0.2) is 4.79 Å². The summed E-state index contributed by atoms with van der Waals surface area (Å²) in [4.78, 5) is 16.3. The fourth-order valence-corrected chi connectivity index (χ4v) is 4.96. The van der Waals surface area contributed by atoms with Crippen LogP contribution < -0.4 is 4.72 Å². The molecule has 0 bridgehead atoms. The van der Waals surface area contributed by atoms with Crippen LogP contribution in [0.5, 0.6) is 0 Å². The van der Waals surface area contributed by atoms with Crippen molar-refractivity contribution in [3.63, 3.8) is 0 Å². The second-order valence-corrected chi connectivity index (χ2v) is 10.6. The first-order chi connectivity index (χ1) is 17.9. The summed E-state index contributed by atoms with van der Waals surface area (Å²) in [5.41, 5.74) is -1.62. The third-order valence-corrected chi connectivity index (χ3v) is 7.24. The topological polar surface area (TPSA) is 96.4 Å². The highest BCUT2D eigenvalue weighted by Crippen LogP contribution is 2.36. The van der Waals surface area contributed by atoms with E-state index in [-0.39, 0.29) is 23.1 Å². The predicted octanol–water partition coefficient (Wildman–Crippen LogP) is 6.71. The minimum absolute atomic E-state index is 0.114. The number of fused-ring (bicyclic) bond motifs is 1. The molecule has 4 aromatic rings. The highest BCUT2D eigenvalue weighted by Gasteiger charge is 2.46. The first kappa shape index (κ1) is 27.1. The van der Waals surface area contributed by atoms with E-state index in [1.807, 2.05) is 11.6 Å². The number of anilines is 1. The average molecular weight is 543 g/mol. The van der Waals surface area contributed by atoms with E-state index < -0.39 is 21.5 Å². The Bertz CT molecular complexity index is 1620. The van der Waals surface area contributed by atoms with Crippen LogP contribution in [0.3, 0.4) is 0 Å². The molecule has 0 aliphatic heterocycles. The summed E-state index contributed by atoms with van der Waals surface area (Å²) in [5.74, 6) is -1.06. The molecule has 0 fully saturated rings. The number of carboxylic acids is 1. The van der Waals surface area contributed by atoms with Crippen molar-refractivity contribution >= 4 is 32.6 Å². The Morgan fingerprint density at radius 2 is 1.71 bits per heavy atom. The normalized spacial score (nSPS) is 12.0. The van der Waals surface area contributed by atoms with Crippen molar-refractivity contribution in [2.24, 2.45) is 0 Å². The molecule has 0 aliphatic rings. The maximum absolute atomic E-state index is 13.4. The number of aromatic nitrogens is 1. The second kappa shape index (κ2) is 10.4. The number of benzene rings is 3. The lowest BCUT2D eigenvalue weighted by Gasteiger charge is -2.20. The smallest absolute Gasteiger partial charge is 0.478 e. The zero-order valence-corrected chi connectivity index (χ0v) is 21.4. The molecule has 0 amide bonds. The molecule has 4 rings (SSSR count). The van der Waals surface area contributed by atoms with Gasteiger partial charge < -0.3 is 5.11 Å². The van der Waals surface area contributed by atoms with Crippen molar-refractivity contribution in [2.45, 2.75) is 38.6 Å². The molecule has 0 unspecified atom stereocenters. The number of hydrogen-bond acceptors (Lipinski definition) is 4. The van der Waals surface area contributed by atoms with Gasteiger partial charge in [-0.15, -0.1) is 0 Å². The molecule has 198 valence electrons. The molecule has 2 N–H and O–H groups in total. The van der Waals surface area contributed by atoms with Gasteiger partial charge in [0.2, 0.25) is 0 Å². The number of carboxylic acid groups (broad SMARTS) is 1. The van der Waals surface area contributed by atoms with Crippen molar-refractivity contribution in [1.29, 1.82) is 0 Å². The molecular formula is C28H25F3N2O4S. The number of nitrogens with one attached hydrogen (secondary N) is 1. The molecule has 10 heteroatoms. The van der Waals surface area contributed by atoms with Gasteiger partial charge in [0, 0.05) is 23.1 Å². The maximum Gasteiger partial charge on any atom is 0.516 e. The number of sulfonamides is 1. The maximum atomic E-state index is 13.4. The van der Waals surface area contributed by atoms with E-state index in [1.54, 1.807) is 67.6 Å². The number of rotatable bonds is 8. The Balaban J connectivity index is 1.85.